The average Bonchev–Trinajstić information content (AvgIpc) is 2.37. The molecule has 0 fully saturated rings. The minimum Gasteiger partial charge on any atom is -0.491 e. The highest BCUT2D eigenvalue weighted by Crippen LogP contribution is 2.17. The van der Waals surface area contributed by atoms with Gasteiger partial charge in [0.2, 0.25) is 5.91 Å². The molecule has 0 spiro atoms. The normalized spacial score (nSPS) is 12.3. The predicted octanol–water partition coefficient (Wildman–Crippen LogP) is 2.49. The third kappa shape index (κ3) is 5.98. The Labute approximate surface area is 119 Å². The van der Waals surface area contributed by atoms with Gasteiger partial charge >= 0.3 is 0 Å². The topological polar surface area (TPSA) is 64.4 Å². The molecule has 1 rings (SSSR count). The number of thioether (sulfide) groups is 1. The van der Waals surface area contributed by atoms with Crippen LogP contribution in [0.15, 0.2) is 24.3 Å². The number of benzene rings is 1. The molecule has 1 aromatic rings. The van der Waals surface area contributed by atoms with Crippen molar-refractivity contribution >= 4 is 23.4 Å². The molecule has 1 atom stereocenters. The van der Waals surface area contributed by atoms with E-state index in [-0.39, 0.29) is 12.0 Å². The lowest BCUT2D eigenvalue weighted by molar-refractivity contribution is -0.117. The van der Waals surface area contributed by atoms with Crippen molar-refractivity contribution in [1.82, 2.24) is 0 Å². The van der Waals surface area contributed by atoms with Gasteiger partial charge in [0.05, 0.1) is 12.1 Å². The molecule has 1 amide bonds. The van der Waals surface area contributed by atoms with Gasteiger partial charge in [0, 0.05) is 5.69 Å². The van der Waals surface area contributed by atoms with Crippen LogP contribution < -0.4 is 15.8 Å². The molecule has 106 valence electrons. The molecule has 3 N–H and O–H groups in total. The van der Waals surface area contributed by atoms with E-state index in [4.69, 9.17) is 10.5 Å². The van der Waals surface area contributed by atoms with Gasteiger partial charge in [-0.1, -0.05) is 0 Å². The maximum Gasteiger partial charge on any atom is 0.241 e. The zero-order valence-electron chi connectivity index (χ0n) is 11.7. The summed E-state index contributed by atoms with van der Waals surface area (Å²) in [7, 11) is 0. The molecule has 4 nitrogen and oxygen atoms in total. The van der Waals surface area contributed by atoms with Crippen LogP contribution in [0.4, 0.5) is 5.69 Å². The van der Waals surface area contributed by atoms with Gasteiger partial charge in [-0.05, 0) is 56.5 Å². The fourth-order valence-corrected chi connectivity index (χ4v) is 1.99. The number of anilines is 1. The van der Waals surface area contributed by atoms with Crippen molar-refractivity contribution in [2.24, 2.45) is 5.73 Å². The van der Waals surface area contributed by atoms with E-state index in [0.717, 1.165) is 17.2 Å². The fraction of sp³-hybridized carbons (Fsp3) is 0.500. The average molecular weight is 282 g/mol. The fourth-order valence-electron chi connectivity index (χ4n) is 1.50. The Morgan fingerprint density at radius 1 is 1.37 bits per heavy atom. The first-order valence-electron chi connectivity index (χ1n) is 6.35. The Morgan fingerprint density at radius 3 is 2.53 bits per heavy atom. The van der Waals surface area contributed by atoms with Gasteiger partial charge in [-0.25, -0.2) is 0 Å². The molecule has 0 aromatic heterocycles. The summed E-state index contributed by atoms with van der Waals surface area (Å²) in [5.74, 6) is 1.53. The summed E-state index contributed by atoms with van der Waals surface area (Å²) in [4.78, 5) is 11.8. The van der Waals surface area contributed by atoms with Gasteiger partial charge < -0.3 is 15.8 Å². The number of carbonyl (C=O) groups excluding carboxylic acids is 1. The molecule has 0 aliphatic rings. The highest BCUT2D eigenvalue weighted by Gasteiger charge is 2.12. The van der Waals surface area contributed by atoms with Gasteiger partial charge in [0.1, 0.15) is 5.75 Å². The lowest BCUT2D eigenvalue weighted by Crippen LogP contribution is -2.36. The molecular formula is C14H22N2O2S. The summed E-state index contributed by atoms with van der Waals surface area (Å²) in [5, 5.41) is 2.80. The highest BCUT2D eigenvalue weighted by molar-refractivity contribution is 7.98. The summed E-state index contributed by atoms with van der Waals surface area (Å²) < 4.78 is 5.53. The van der Waals surface area contributed by atoms with Crippen LogP contribution in [0.25, 0.3) is 0 Å². The molecule has 0 bridgehead atoms. The predicted molar refractivity (Wildman–Crippen MR) is 81.8 cm³/mol. The number of amides is 1. The Hall–Kier alpha value is -1.20. The Balaban J connectivity index is 2.50. The van der Waals surface area contributed by atoms with E-state index in [1.807, 2.05) is 44.4 Å². The quantitative estimate of drug-likeness (QED) is 0.806. The van der Waals surface area contributed by atoms with E-state index >= 15 is 0 Å². The first-order chi connectivity index (χ1) is 9.02. The minimum atomic E-state index is -0.459. The maximum atomic E-state index is 11.8. The van der Waals surface area contributed by atoms with Gasteiger partial charge in [0.25, 0.3) is 0 Å². The van der Waals surface area contributed by atoms with Crippen LogP contribution in [0.2, 0.25) is 0 Å². The van der Waals surface area contributed by atoms with Gasteiger partial charge in [-0.2, -0.15) is 11.8 Å². The molecule has 0 radical (unpaired) electrons. The van der Waals surface area contributed by atoms with Crippen molar-refractivity contribution in [3.05, 3.63) is 24.3 Å². The van der Waals surface area contributed by atoms with Crippen LogP contribution in [0, 0.1) is 0 Å². The summed E-state index contributed by atoms with van der Waals surface area (Å²) in [6, 6.07) is 6.85. The minimum absolute atomic E-state index is 0.139. The second kappa shape index (κ2) is 8.07. The van der Waals surface area contributed by atoms with Crippen LogP contribution in [0.1, 0.15) is 20.3 Å². The second-order valence-corrected chi connectivity index (χ2v) is 5.55. The van der Waals surface area contributed by atoms with Crippen molar-refractivity contribution in [3.63, 3.8) is 0 Å². The molecule has 1 aromatic carbocycles. The van der Waals surface area contributed by atoms with E-state index in [9.17, 15) is 4.79 Å². The van der Waals surface area contributed by atoms with Crippen LogP contribution >= 0.6 is 11.8 Å². The number of rotatable bonds is 7. The lowest BCUT2D eigenvalue weighted by Gasteiger charge is -2.13. The largest absolute Gasteiger partial charge is 0.491 e. The summed E-state index contributed by atoms with van der Waals surface area (Å²) in [6.45, 7) is 3.95. The zero-order chi connectivity index (χ0) is 14.3. The standard InChI is InChI=1S/C14H22N2O2S/c1-10(2)18-12-6-4-11(5-7-12)16-14(17)13(15)8-9-19-3/h4-7,10,13H,8-9,15H2,1-3H3,(H,16,17)/t13-/m0/s1. The number of ether oxygens (including phenoxy) is 1. The van der Waals surface area contributed by atoms with Crippen molar-refractivity contribution in [1.29, 1.82) is 0 Å². The van der Waals surface area contributed by atoms with Gasteiger partial charge in [-0.15, -0.1) is 0 Å². The number of hydrogen-bond donors (Lipinski definition) is 2. The van der Waals surface area contributed by atoms with Crippen molar-refractivity contribution in [2.45, 2.75) is 32.4 Å². The van der Waals surface area contributed by atoms with E-state index in [1.54, 1.807) is 11.8 Å². The molecule has 0 aliphatic carbocycles. The second-order valence-electron chi connectivity index (χ2n) is 4.57. The van der Waals surface area contributed by atoms with Crippen LogP contribution in [-0.2, 0) is 4.79 Å². The third-order valence-electron chi connectivity index (χ3n) is 2.46. The number of hydrogen-bond acceptors (Lipinski definition) is 4. The number of nitrogens with one attached hydrogen (secondary N) is 1. The molecular weight excluding hydrogens is 260 g/mol. The molecule has 5 heteroatoms. The third-order valence-corrected chi connectivity index (χ3v) is 3.11. The number of nitrogens with two attached hydrogens (primary N) is 1. The van der Waals surface area contributed by atoms with Crippen molar-refractivity contribution < 1.29 is 9.53 Å². The first kappa shape index (κ1) is 15.9. The van der Waals surface area contributed by atoms with E-state index in [2.05, 4.69) is 5.32 Å². The molecule has 19 heavy (non-hydrogen) atoms. The Kier molecular flexibility index (Phi) is 6.73. The molecule has 0 saturated heterocycles. The maximum absolute atomic E-state index is 11.8. The molecule has 0 unspecified atom stereocenters. The summed E-state index contributed by atoms with van der Waals surface area (Å²) in [6.07, 6.45) is 2.82. The molecule has 0 aliphatic heterocycles. The monoisotopic (exact) mass is 282 g/mol. The van der Waals surface area contributed by atoms with E-state index in [1.165, 1.54) is 0 Å². The molecule has 0 heterocycles. The van der Waals surface area contributed by atoms with E-state index < -0.39 is 6.04 Å². The van der Waals surface area contributed by atoms with Crippen molar-refractivity contribution in [2.75, 3.05) is 17.3 Å². The molecule has 0 saturated carbocycles. The highest BCUT2D eigenvalue weighted by atomic mass is 32.2. The smallest absolute Gasteiger partial charge is 0.241 e. The number of carbonyl (C=O) groups is 1. The van der Waals surface area contributed by atoms with Gasteiger partial charge in [0.15, 0.2) is 0 Å². The van der Waals surface area contributed by atoms with Crippen LogP contribution in [0.3, 0.4) is 0 Å². The lowest BCUT2D eigenvalue weighted by atomic mass is 10.2. The Bertz CT molecular complexity index is 393. The van der Waals surface area contributed by atoms with E-state index in [0.29, 0.717) is 6.42 Å². The Morgan fingerprint density at radius 2 is 2.00 bits per heavy atom. The van der Waals surface area contributed by atoms with Crippen LogP contribution in [0.5, 0.6) is 5.75 Å². The summed E-state index contributed by atoms with van der Waals surface area (Å²) in [5.41, 5.74) is 6.53. The van der Waals surface area contributed by atoms with Gasteiger partial charge in [-0.3, -0.25) is 4.79 Å². The van der Waals surface area contributed by atoms with Crippen LogP contribution in [-0.4, -0.2) is 30.1 Å². The SMILES string of the molecule is CSCC[C@H](N)C(=O)Nc1ccc(OC(C)C)cc1. The summed E-state index contributed by atoms with van der Waals surface area (Å²) >= 11 is 1.68. The first-order valence-corrected chi connectivity index (χ1v) is 7.74. The zero-order valence-corrected chi connectivity index (χ0v) is 12.5. The van der Waals surface area contributed by atoms with Crippen molar-refractivity contribution in [3.8, 4) is 5.75 Å².